The van der Waals surface area contributed by atoms with Crippen molar-refractivity contribution in [2.75, 3.05) is 7.11 Å². The number of ether oxygens (including phenoxy) is 1. The second-order valence-electron chi connectivity index (χ2n) is 5.96. The van der Waals surface area contributed by atoms with E-state index in [2.05, 4.69) is 6.07 Å². The molecule has 0 radical (unpaired) electrons. The maximum atomic E-state index is 14.0. The predicted octanol–water partition coefficient (Wildman–Crippen LogP) is 3.32. The van der Waals surface area contributed by atoms with Gasteiger partial charge in [0.1, 0.15) is 6.07 Å². The number of benzene rings is 1. The highest BCUT2D eigenvalue weighted by Gasteiger charge is 2.13. The van der Waals surface area contributed by atoms with Gasteiger partial charge in [0.2, 0.25) is 0 Å². The van der Waals surface area contributed by atoms with Crippen LogP contribution in [0.3, 0.4) is 0 Å². The second-order valence-corrected chi connectivity index (χ2v) is 5.96. The van der Waals surface area contributed by atoms with E-state index in [0.29, 0.717) is 10.9 Å². The van der Waals surface area contributed by atoms with Gasteiger partial charge in [-0.1, -0.05) is 6.07 Å². The van der Waals surface area contributed by atoms with Gasteiger partial charge in [-0.3, -0.25) is 4.79 Å². The fraction of sp³-hybridized carbons (Fsp3) is 0.100. The number of hydrogen-bond acceptors (Lipinski definition) is 3. The lowest BCUT2D eigenvalue weighted by Gasteiger charge is -2.08. The van der Waals surface area contributed by atoms with Crippen LogP contribution in [0, 0.1) is 17.1 Å². The van der Waals surface area contributed by atoms with Gasteiger partial charge in [0.05, 0.1) is 30.1 Å². The number of fused-ring (bicyclic) bond motifs is 2. The van der Waals surface area contributed by atoms with E-state index >= 15 is 0 Å². The van der Waals surface area contributed by atoms with E-state index in [1.54, 1.807) is 12.3 Å². The van der Waals surface area contributed by atoms with Gasteiger partial charge < -0.3 is 13.7 Å². The van der Waals surface area contributed by atoms with Crippen LogP contribution in [0.25, 0.3) is 16.3 Å². The minimum Gasteiger partial charge on any atom is -0.494 e. The summed E-state index contributed by atoms with van der Waals surface area (Å²) < 4.78 is 22.3. The topological polar surface area (TPSA) is 59.4 Å². The van der Waals surface area contributed by atoms with E-state index in [9.17, 15) is 14.4 Å². The third kappa shape index (κ3) is 2.42. The van der Waals surface area contributed by atoms with Crippen molar-refractivity contribution in [3.8, 4) is 11.8 Å². The Labute approximate surface area is 148 Å². The highest BCUT2D eigenvalue weighted by atomic mass is 19.1. The normalized spacial score (nSPS) is 11.0. The average Bonchev–Trinajstić information content (AvgIpc) is 3.01. The molecule has 3 aromatic heterocycles. The lowest BCUT2D eigenvalue weighted by atomic mass is 10.1. The summed E-state index contributed by atoms with van der Waals surface area (Å²) in [6, 6.07) is 12.2. The second kappa shape index (κ2) is 6.05. The van der Waals surface area contributed by atoms with Crippen molar-refractivity contribution in [1.29, 1.82) is 5.26 Å². The number of nitrogens with zero attached hydrogens (tertiary/aromatic N) is 3. The van der Waals surface area contributed by atoms with Crippen LogP contribution in [0.5, 0.6) is 5.75 Å². The summed E-state index contributed by atoms with van der Waals surface area (Å²) in [4.78, 5) is 12.8. The summed E-state index contributed by atoms with van der Waals surface area (Å²) in [6.45, 7) is 0.229. The monoisotopic (exact) mass is 347 g/mol. The molecule has 4 aromatic rings. The molecule has 128 valence electrons. The first-order valence-corrected chi connectivity index (χ1v) is 7.97. The zero-order valence-electron chi connectivity index (χ0n) is 13.9. The van der Waals surface area contributed by atoms with Crippen LogP contribution in [-0.4, -0.2) is 16.1 Å². The highest BCUT2D eigenvalue weighted by molar-refractivity contribution is 5.83. The van der Waals surface area contributed by atoms with Crippen molar-refractivity contribution in [3.05, 3.63) is 82.3 Å². The number of nitriles is 1. The smallest absolute Gasteiger partial charge is 0.258 e. The third-order valence-electron chi connectivity index (χ3n) is 4.46. The van der Waals surface area contributed by atoms with Gasteiger partial charge in [-0.2, -0.15) is 5.26 Å². The van der Waals surface area contributed by atoms with Crippen LogP contribution in [0.1, 0.15) is 11.1 Å². The Balaban J connectivity index is 1.85. The van der Waals surface area contributed by atoms with E-state index in [1.165, 1.54) is 23.8 Å². The predicted molar refractivity (Wildman–Crippen MR) is 95.9 cm³/mol. The van der Waals surface area contributed by atoms with Gasteiger partial charge in [0, 0.05) is 24.2 Å². The first-order valence-electron chi connectivity index (χ1n) is 7.97. The Morgan fingerprint density at radius 2 is 2.08 bits per heavy atom. The molecule has 0 unspecified atom stereocenters. The number of hydrogen-bond donors (Lipinski definition) is 0. The molecule has 0 saturated heterocycles. The minimum absolute atomic E-state index is 0.0973. The summed E-state index contributed by atoms with van der Waals surface area (Å²) in [5, 5.41) is 10.4. The third-order valence-corrected chi connectivity index (χ3v) is 4.46. The highest BCUT2D eigenvalue weighted by Crippen LogP contribution is 2.23. The van der Waals surface area contributed by atoms with Crippen LogP contribution < -0.4 is 10.3 Å². The van der Waals surface area contributed by atoms with Gasteiger partial charge in [-0.25, -0.2) is 4.39 Å². The Hall–Kier alpha value is -3.59. The number of aromatic nitrogens is 2. The lowest BCUT2D eigenvalue weighted by molar-refractivity contribution is 0.387. The van der Waals surface area contributed by atoms with Crippen LogP contribution in [0.2, 0.25) is 0 Å². The molecule has 6 heteroatoms. The van der Waals surface area contributed by atoms with Crippen molar-refractivity contribution < 1.29 is 9.13 Å². The first kappa shape index (κ1) is 15.9. The molecular weight excluding hydrogens is 333 g/mol. The summed E-state index contributed by atoms with van der Waals surface area (Å²) in [5.74, 6) is -0.484. The molecule has 0 aliphatic carbocycles. The minimum atomic E-state index is -0.581. The molecule has 0 N–H and O–H groups in total. The first-order chi connectivity index (χ1) is 12.6. The summed E-state index contributed by atoms with van der Waals surface area (Å²) in [7, 11) is 1.38. The lowest BCUT2D eigenvalue weighted by Crippen LogP contribution is -2.20. The maximum Gasteiger partial charge on any atom is 0.258 e. The van der Waals surface area contributed by atoms with Gasteiger partial charge in [0.15, 0.2) is 11.6 Å². The van der Waals surface area contributed by atoms with Crippen molar-refractivity contribution in [1.82, 2.24) is 8.97 Å². The number of pyridine rings is 2. The van der Waals surface area contributed by atoms with Crippen LogP contribution in [-0.2, 0) is 6.54 Å². The van der Waals surface area contributed by atoms with E-state index in [0.717, 1.165) is 11.1 Å². The Kier molecular flexibility index (Phi) is 3.70. The summed E-state index contributed by atoms with van der Waals surface area (Å²) in [6.07, 6.45) is 5.33. The van der Waals surface area contributed by atoms with Gasteiger partial charge in [-0.15, -0.1) is 0 Å². The molecule has 0 aliphatic rings. The molecule has 1 aromatic carbocycles. The summed E-state index contributed by atoms with van der Waals surface area (Å²) in [5.41, 5.74) is 1.73. The van der Waals surface area contributed by atoms with Crippen molar-refractivity contribution >= 4 is 16.3 Å². The van der Waals surface area contributed by atoms with Crippen molar-refractivity contribution in [3.63, 3.8) is 0 Å². The van der Waals surface area contributed by atoms with E-state index in [1.807, 2.05) is 35.0 Å². The Morgan fingerprint density at radius 3 is 2.85 bits per heavy atom. The van der Waals surface area contributed by atoms with Gasteiger partial charge in [0.25, 0.3) is 5.56 Å². The van der Waals surface area contributed by atoms with E-state index < -0.39 is 5.82 Å². The standard InChI is InChI=1S/C20H14FN3O2/c1-26-19-8-13-5-7-24(20(25)15(13)9-17(19)21)12-14-11-23-6-3-2-4-18(23)16(14)10-22/h2-9,11H,12H2,1H3. The molecule has 4 rings (SSSR count). The zero-order chi connectivity index (χ0) is 18.3. The Morgan fingerprint density at radius 1 is 1.23 bits per heavy atom. The van der Waals surface area contributed by atoms with Crippen LogP contribution >= 0.6 is 0 Å². The fourth-order valence-electron chi connectivity index (χ4n) is 3.18. The molecule has 5 nitrogen and oxygen atoms in total. The molecule has 26 heavy (non-hydrogen) atoms. The SMILES string of the molecule is COc1cc2ccn(Cc3cn4ccccc4c3C#N)c(=O)c2cc1F. The van der Waals surface area contributed by atoms with Crippen LogP contribution in [0.15, 0.2) is 59.8 Å². The van der Waals surface area contributed by atoms with Crippen molar-refractivity contribution in [2.45, 2.75) is 6.54 Å². The average molecular weight is 347 g/mol. The fourth-order valence-corrected chi connectivity index (χ4v) is 3.18. The molecule has 0 spiro atoms. The van der Waals surface area contributed by atoms with Gasteiger partial charge >= 0.3 is 0 Å². The molecule has 0 atom stereocenters. The van der Waals surface area contributed by atoms with E-state index in [4.69, 9.17) is 4.74 Å². The van der Waals surface area contributed by atoms with Gasteiger partial charge in [-0.05, 0) is 35.7 Å². The maximum absolute atomic E-state index is 14.0. The molecule has 0 bridgehead atoms. The zero-order valence-corrected chi connectivity index (χ0v) is 13.9. The molecular formula is C20H14FN3O2. The van der Waals surface area contributed by atoms with Crippen molar-refractivity contribution in [2.24, 2.45) is 0 Å². The molecule has 3 heterocycles. The quantitative estimate of drug-likeness (QED) is 0.571. The Bertz CT molecular complexity index is 1250. The summed E-state index contributed by atoms with van der Waals surface area (Å²) >= 11 is 0. The number of halogens is 1. The molecule has 0 saturated carbocycles. The number of methoxy groups -OCH3 is 1. The largest absolute Gasteiger partial charge is 0.494 e. The molecule has 0 aliphatic heterocycles. The van der Waals surface area contributed by atoms with Crippen LogP contribution in [0.4, 0.5) is 4.39 Å². The molecule has 0 amide bonds. The number of rotatable bonds is 3. The van der Waals surface area contributed by atoms with E-state index in [-0.39, 0.29) is 23.2 Å². The molecule has 0 fully saturated rings.